The van der Waals surface area contributed by atoms with Gasteiger partial charge in [-0.2, -0.15) is 0 Å². The van der Waals surface area contributed by atoms with Crippen molar-refractivity contribution in [1.82, 2.24) is 4.90 Å². The lowest BCUT2D eigenvalue weighted by Gasteiger charge is -2.33. The van der Waals surface area contributed by atoms with E-state index in [-0.39, 0.29) is 11.7 Å². The Balaban J connectivity index is 1.48. The Hall–Kier alpha value is -2.56. The molecule has 1 atom stereocenters. The van der Waals surface area contributed by atoms with E-state index in [1.165, 1.54) is 11.8 Å². The summed E-state index contributed by atoms with van der Waals surface area (Å²) in [7, 11) is 0. The smallest absolute Gasteiger partial charge is 0.375 e. The molecule has 0 aliphatic carbocycles. The number of amides is 1. The minimum Gasteiger partial charge on any atom is -0.457 e. The highest BCUT2D eigenvalue weighted by atomic mass is 16.6. The van der Waals surface area contributed by atoms with Crippen molar-refractivity contribution in [2.24, 2.45) is 5.92 Å². The Kier molecular flexibility index (Phi) is 5.76. The molecule has 5 nitrogen and oxygen atoms in total. The van der Waals surface area contributed by atoms with Gasteiger partial charge >= 0.3 is 5.97 Å². The third-order valence-electron chi connectivity index (χ3n) is 4.97. The van der Waals surface area contributed by atoms with Gasteiger partial charge in [0.25, 0.3) is 5.91 Å². The summed E-state index contributed by atoms with van der Waals surface area (Å²) < 4.78 is 10.4. The number of carbonyl (C=O) groups excluding carboxylic acids is 2. The molecular weight excluding hydrogens is 330 g/mol. The van der Waals surface area contributed by atoms with Gasteiger partial charge in [-0.3, -0.25) is 4.79 Å². The summed E-state index contributed by atoms with van der Waals surface area (Å²) in [5.41, 5.74) is 2.05. The summed E-state index contributed by atoms with van der Waals surface area (Å²) in [6, 6.07) is 12.1. The van der Waals surface area contributed by atoms with Crippen molar-refractivity contribution >= 4 is 11.9 Å². The average Bonchev–Trinajstić information content (AvgIpc) is 3.08. The fourth-order valence-corrected chi connectivity index (χ4v) is 3.41. The molecule has 1 amide bonds. The summed E-state index contributed by atoms with van der Waals surface area (Å²) in [6.45, 7) is 4.80. The van der Waals surface area contributed by atoms with Crippen molar-refractivity contribution in [2.75, 3.05) is 13.1 Å². The number of carbonyl (C=O) groups is 2. The Morgan fingerprint density at radius 1 is 1.19 bits per heavy atom. The molecule has 1 aliphatic rings. The second-order valence-electron chi connectivity index (χ2n) is 6.94. The van der Waals surface area contributed by atoms with E-state index in [2.05, 4.69) is 24.3 Å². The molecule has 1 saturated heterocycles. The number of furan rings is 1. The molecule has 5 heteroatoms. The molecule has 0 radical (unpaired) electrons. The SMILES string of the molecule is Cc1ccoc1C(=O)OC(C)C(=O)N1CCC(Cc2ccccc2)CC1. The van der Waals surface area contributed by atoms with Crippen LogP contribution in [0, 0.1) is 12.8 Å². The van der Waals surface area contributed by atoms with Gasteiger partial charge in [0, 0.05) is 18.7 Å². The first kappa shape index (κ1) is 18.2. The standard InChI is InChI=1S/C21H25NO4/c1-15-10-13-25-19(15)21(24)26-16(2)20(23)22-11-8-18(9-12-22)14-17-6-4-3-5-7-17/h3-7,10,13,16,18H,8-9,11-12,14H2,1-2H3. The van der Waals surface area contributed by atoms with Gasteiger partial charge < -0.3 is 14.1 Å². The molecule has 0 spiro atoms. The van der Waals surface area contributed by atoms with E-state index in [0.717, 1.165) is 19.3 Å². The van der Waals surface area contributed by atoms with Crippen molar-refractivity contribution in [3.63, 3.8) is 0 Å². The quantitative estimate of drug-likeness (QED) is 0.769. The normalized spacial score (nSPS) is 16.3. The number of likely N-dealkylation sites (tertiary alicyclic amines) is 1. The Morgan fingerprint density at radius 3 is 2.50 bits per heavy atom. The van der Waals surface area contributed by atoms with Crippen molar-refractivity contribution in [1.29, 1.82) is 0 Å². The van der Waals surface area contributed by atoms with E-state index in [0.29, 0.717) is 24.6 Å². The average molecular weight is 355 g/mol. The fourth-order valence-electron chi connectivity index (χ4n) is 3.41. The van der Waals surface area contributed by atoms with Crippen molar-refractivity contribution in [2.45, 2.75) is 39.2 Å². The molecule has 2 aromatic rings. The van der Waals surface area contributed by atoms with Gasteiger partial charge in [-0.15, -0.1) is 0 Å². The van der Waals surface area contributed by atoms with Gasteiger partial charge in [0.05, 0.1) is 6.26 Å². The van der Waals surface area contributed by atoms with Crippen LogP contribution in [-0.2, 0) is 16.0 Å². The molecule has 26 heavy (non-hydrogen) atoms. The van der Waals surface area contributed by atoms with Gasteiger partial charge in [-0.05, 0) is 50.7 Å². The molecule has 0 saturated carbocycles. The molecular formula is C21H25NO4. The fraction of sp³-hybridized carbons (Fsp3) is 0.429. The number of ether oxygens (including phenoxy) is 1. The monoisotopic (exact) mass is 355 g/mol. The number of esters is 1. The van der Waals surface area contributed by atoms with Crippen LogP contribution in [0.5, 0.6) is 0 Å². The molecule has 2 heterocycles. The largest absolute Gasteiger partial charge is 0.457 e. The number of benzene rings is 1. The van der Waals surface area contributed by atoms with Crippen LogP contribution in [0.3, 0.4) is 0 Å². The van der Waals surface area contributed by atoms with Crippen LogP contribution in [0.25, 0.3) is 0 Å². The zero-order valence-corrected chi connectivity index (χ0v) is 15.3. The van der Waals surface area contributed by atoms with Gasteiger partial charge in [0.15, 0.2) is 6.10 Å². The van der Waals surface area contributed by atoms with Crippen LogP contribution < -0.4 is 0 Å². The first-order valence-corrected chi connectivity index (χ1v) is 9.12. The molecule has 1 fully saturated rings. The molecule has 1 aromatic carbocycles. The molecule has 1 aliphatic heterocycles. The zero-order chi connectivity index (χ0) is 18.5. The molecule has 138 valence electrons. The van der Waals surface area contributed by atoms with Gasteiger partial charge in [-0.25, -0.2) is 4.79 Å². The number of hydrogen-bond donors (Lipinski definition) is 0. The third kappa shape index (κ3) is 4.34. The van der Waals surface area contributed by atoms with E-state index in [4.69, 9.17) is 9.15 Å². The van der Waals surface area contributed by atoms with Gasteiger partial charge in [0.2, 0.25) is 5.76 Å². The number of nitrogens with zero attached hydrogens (tertiary/aromatic N) is 1. The summed E-state index contributed by atoms with van der Waals surface area (Å²) in [6.07, 6.45) is 3.62. The maximum atomic E-state index is 12.6. The summed E-state index contributed by atoms with van der Waals surface area (Å²) in [5, 5.41) is 0. The number of aryl methyl sites for hydroxylation is 1. The predicted molar refractivity (Wildman–Crippen MR) is 97.8 cm³/mol. The molecule has 3 rings (SSSR count). The van der Waals surface area contributed by atoms with E-state index < -0.39 is 12.1 Å². The lowest BCUT2D eigenvalue weighted by atomic mass is 9.90. The van der Waals surface area contributed by atoms with Crippen molar-refractivity contribution in [3.8, 4) is 0 Å². The first-order valence-electron chi connectivity index (χ1n) is 9.12. The van der Waals surface area contributed by atoms with Gasteiger partial charge in [-0.1, -0.05) is 30.3 Å². The minimum atomic E-state index is -0.808. The third-order valence-corrected chi connectivity index (χ3v) is 4.97. The van der Waals surface area contributed by atoms with E-state index in [1.54, 1.807) is 24.8 Å². The van der Waals surface area contributed by atoms with Crippen LogP contribution in [0.2, 0.25) is 0 Å². The van der Waals surface area contributed by atoms with E-state index in [9.17, 15) is 9.59 Å². The second kappa shape index (κ2) is 8.21. The summed E-state index contributed by atoms with van der Waals surface area (Å²) >= 11 is 0. The number of rotatable bonds is 5. The van der Waals surface area contributed by atoms with Crippen LogP contribution in [0.1, 0.15) is 41.4 Å². The molecule has 0 bridgehead atoms. The maximum absolute atomic E-state index is 12.6. The highest BCUT2D eigenvalue weighted by molar-refractivity contribution is 5.91. The summed E-state index contributed by atoms with van der Waals surface area (Å²) in [5.74, 6) is 0.0179. The van der Waals surface area contributed by atoms with Crippen LogP contribution >= 0.6 is 0 Å². The Morgan fingerprint density at radius 2 is 1.88 bits per heavy atom. The second-order valence-corrected chi connectivity index (χ2v) is 6.94. The topological polar surface area (TPSA) is 59.8 Å². The lowest BCUT2D eigenvalue weighted by Crippen LogP contribution is -2.44. The predicted octanol–water partition coefficient (Wildman–Crippen LogP) is 3.61. The highest BCUT2D eigenvalue weighted by Gasteiger charge is 2.29. The first-order chi connectivity index (χ1) is 12.5. The number of piperidine rings is 1. The van der Waals surface area contributed by atoms with Crippen LogP contribution in [-0.4, -0.2) is 36.0 Å². The lowest BCUT2D eigenvalue weighted by molar-refractivity contribution is -0.141. The van der Waals surface area contributed by atoms with Crippen molar-refractivity contribution < 1.29 is 18.7 Å². The van der Waals surface area contributed by atoms with Crippen molar-refractivity contribution in [3.05, 3.63) is 59.5 Å². The maximum Gasteiger partial charge on any atom is 0.375 e. The Bertz CT molecular complexity index is 744. The van der Waals surface area contributed by atoms with Crippen LogP contribution in [0.15, 0.2) is 47.1 Å². The summed E-state index contributed by atoms with van der Waals surface area (Å²) in [4.78, 5) is 26.5. The molecule has 0 N–H and O–H groups in total. The highest BCUT2D eigenvalue weighted by Crippen LogP contribution is 2.22. The minimum absolute atomic E-state index is 0.138. The number of hydrogen-bond acceptors (Lipinski definition) is 4. The van der Waals surface area contributed by atoms with Crippen LogP contribution in [0.4, 0.5) is 0 Å². The molecule has 1 aromatic heterocycles. The molecule has 1 unspecified atom stereocenters. The van der Waals surface area contributed by atoms with Gasteiger partial charge in [0.1, 0.15) is 0 Å². The Labute approximate surface area is 153 Å². The van der Waals surface area contributed by atoms with E-state index in [1.807, 2.05) is 6.07 Å². The zero-order valence-electron chi connectivity index (χ0n) is 15.3. The van der Waals surface area contributed by atoms with E-state index >= 15 is 0 Å².